The van der Waals surface area contributed by atoms with Crippen LogP contribution in [0.4, 0.5) is 5.82 Å². The predicted molar refractivity (Wildman–Crippen MR) is 78.1 cm³/mol. The van der Waals surface area contributed by atoms with Gasteiger partial charge in [-0.25, -0.2) is 4.98 Å². The van der Waals surface area contributed by atoms with E-state index >= 15 is 0 Å². The molecule has 1 saturated heterocycles. The lowest BCUT2D eigenvalue weighted by atomic mass is 10.1. The highest BCUT2D eigenvalue weighted by molar-refractivity contribution is 5.84. The van der Waals surface area contributed by atoms with Crippen LogP contribution in [-0.2, 0) is 0 Å². The van der Waals surface area contributed by atoms with Crippen LogP contribution < -0.4 is 15.0 Å². The van der Waals surface area contributed by atoms with E-state index in [0.717, 1.165) is 48.6 Å². The van der Waals surface area contributed by atoms with Crippen molar-refractivity contribution < 1.29 is 4.74 Å². The van der Waals surface area contributed by atoms with E-state index in [2.05, 4.69) is 21.3 Å². The van der Waals surface area contributed by atoms with Gasteiger partial charge in [-0.15, -0.1) is 0 Å². The van der Waals surface area contributed by atoms with E-state index in [1.807, 2.05) is 24.3 Å². The van der Waals surface area contributed by atoms with E-state index in [9.17, 15) is 5.26 Å². The van der Waals surface area contributed by atoms with E-state index in [-0.39, 0.29) is 0 Å². The Morgan fingerprint density at radius 2 is 2.10 bits per heavy atom. The molecule has 0 bridgehead atoms. The number of hydrogen-bond donors (Lipinski definition) is 1. The van der Waals surface area contributed by atoms with Crippen molar-refractivity contribution in [2.24, 2.45) is 0 Å². The summed E-state index contributed by atoms with van der Waals surface area (Å²) in [7, 11) is 1.63. The molecule has 0 saturated carbocycles. The molecule has 0 aliphatic carbocycles. The zero-order chi connectivity index (χ0) is 13.9. The number of fused-ring (bicyclic) bond motifs is 1. The third kappa shape index (κ3) is 2.26. The van der Waals surface area contributed by atoms with Crippen molar-refractivity contribution in [3.05, 3.63) is 29.8 Å². The molecular weight excluding hydrogens is 252 g/mol. The molecule has 1 aliphatic rings. The lowest BCUT2D eigenvalue weighted by Gasteiger charge is -2.29. The molecule has 5 heteroatoms. The van der Waals surface area contributed by atoms with Gasteiger partial charge in [-0.1, -0.05) is 0 Å². The molecule has 1 fully saturated rings. The van der Waals surface area contributed by atoms with E-state index in [0.29, 0.717) is 5.56 Å². The monoisotopic (exact) mass is 268 g/mol. The molecule has 102 valence electrons. The number of nitriles is 1. The number of methoxy groups -OCH3 is 1. The van der Waals surface area contributed by atoms with Crippen molar-refractivity contribution in [3.8, 4) is 11.8 Å². The van der Waals surface area contributed by atoms with Gasteiger partial charge in [0.2, 0.25) is 0 Å². The zero-order valence-electron chi connectivity index (χ0n) is 11.4. The highest BCUT2D eigenvalue weighted by Gasteiger charge is 2.16. The number of pyridine rings is 1. The van der Waals surface area contributed by atoms with Gasteiger partial charge in [0.1, 0.15) is 17.6 Å². The predicted octanol–water partition coefficient (Wildman–Crippen LogP) is 1.52. The third-order valence-corrected chi connectivity index (χ3v) is 3.54. The third-order valence-electron chi connectivity index (χ3n) is 3.54. The Kier molecular flexibility index (Phi) is 3.40. The molecule has 1 N–H and O–H groups in total. The summed E-state index contributed by atoms with van der Waals surface area (Å²) in [6, 6.07) is 9.88. The minimum absolute atomic E-state index is 0.618. The maximum Gasteiger partial charge on any atom is 0.147 e. The highest BCUT2D eigenvalue weighted by Crippen LogP contribution is 2.26. The molecule has 0 unspecified atom stereocenters. The molecule has 1 aliphatic heterocycles. The van der Waals surface area contributed by atoms with Crippen molar-refractivity contribution in [2.45, 2.75) is 0 Å². The van der Waals surface area contributed by atoms with Gasteiger partial charge in [-0.3, -0.25) is 0 Å². The Morgan fingerprint density at radius 3 is 2.80 bits per heavy atom. The first-order chi connectivity index (χ1) is 9.81. The second-order valence-electron chi connectivity index (χ2n) is 4.77. The van der Waals surface area contributed by atoms with Crippen LogP contribution >= 0.6 is 0 Å². The number of nitrogens with one attached hydrogen (secondary N) is 1. The number of aromatic nitrogens is 1. The average Bonchev–Trinajstić information content (AvgIpc) is 2.53. The zero-order valence-corrected chi connectivity index (χ0v) is 11.4. The largest absolute Gasteiger partial charge is 0.497 e. The molecule has 20 heavy (non-hydrogen) atoms. The fraction of sp³-hybridized carbons (Fsp3) is 0.333. The van der Waals surface area contributed by atoms with Crippen molar-refractivity contribution in [1.82, 2.24) is 10.3 Å². The first kappa shape index (κ1) is 12.7. The Hall–Kier alpha value is -2.32. The van der Waals surface area contributed by atoms with Crippen LogP contribution in [0.2, 0.25) is 0 Å². The lowest BCUT2D eigenvalue weighted by Crippen LogP contribution is -2.44. The van der Waals surface area contributed by atoms with E-state index in [1.165, 1.54) is 0 Å². The Bertz CT molecular complexity index is 671. The molecule has 1 aromatic heterocycles. The summed E-state index contributed by atoms with van der Waals surface area (Å²) >= 11 is 0. The summed E-state index contributed by atoms with van der Waals surface area (Å²) in [5.41, 5.74) is 1.51. The topological polar surface area (TPSA) is 61.2 Å². The van der Waals surface area contributed by atoms with Crippen LogP contribution in [0.15, 0.2) is 24.3 Å². The number of ether oxygens (including phenoxy) is 1. The summed E-state index contributed by atoms with van der Waals surface area (Å²) in [6.45, 7) is 3.60. The Morgan fingerprint density at radius 1 is 1.30 bits per heavy atom. The molecule has 3 rings (SSSR count). The lowest BCUT2D eigenvalue weighted by molar-refractivity contribution is 0.415. The van der Waals surface area contributed by atoms with Crippen molar-refractivity contribution in [1.29, 1.82) is 5.26 Å². The molecular formula is C15H16N4O. The summed E-state index contributed by atoms with van der Waals surface area (Å²) in [5, 5.41) is 13.6. The van der Waals surface area contributed by atoms with Gasteiger partial charge >= 0.3 is 0 Å². The Labute approximate surface area is 117 Å². The van der Waals surface area contributed by atoms with Crippen LogP contribution in [-0.4, -0.2) is 38.3 Å². The number of piperazine rings is 1. The van der Waals surface area contributed by atoms with Crippen LogP contribution in [0.25, 0.3) is 10.9 Å². The first-order valence-electron chi connectivity index (χ1n) is 6.66. The number of anilines is 1. The number of hydrogen-bond acceptors (Lipinski definition) is 5. The maximum absolute atomic E-state index is 9.37. The van der Waals surface area contributed by atoms with Gasteiger partial charge in [-0.05, 0) is 24.3 Å². The van der Waals surface area contributed by atoms with Crippen molar-refractivity contribution >= 4 is 16.7 Å². The van der Waals surface area contributed by atoms with Gasteiger partial charge < -0.3 is 15.0 Å². The van der Waals surface area contributed by atoms with Gasteiger partial charge in [0, 0.05) is 31.6 Å². The minimum Gasteiger partial charge on any atom is -0.497 e. The number of rotatable bonds is 2. The van der Waals surface area contributed by atoms with Gasteiger partial charge in [0.25, 0.3) is 0 Å². The summed E-state index contributed by atoms with van der Waals surface area (Å²) in [6.07, 6.45) is 0. The summed E-state index contributed by atoms with van der Waals surface area (Å²) in [5.74, 6) is 1.56. The van der Waals surface area contributed by atoms with Crippen LogP contribution in [0, 0.1) is 11.3 Å². The second kappa shape index (κ2) is 5.35. The van der Waals surface area contributed by atoms with E-state index in [1.54, 1.807) is 7.11 Å². The van der Waals surface area contributed by atoms with Crippen LogP contribution in [0.3, 0.4) is 0 Å². The second-order valence-corrected chi connectivity index (χ2v) is 4.77. The molecule has 2 heterocycles. The minimum atomic E-state index is 0.618. The molecule has 2 aromatic rings. The fourth-order valence-corrected chi connectivity index (χ4v) is 2.47. The molecule has 0 spiro atoms. The van der Waals surface area contributed by atoms with Gasteiger partial charge in [0.15, 0.2) is 0 Å². The molecule has 1 aromatic carbocycles. The molecule has 0 amide bonds. The maximum atomic E-state index is 9.37. The number of nitrogens with zero attached hydrogens (tertiary/aromatic N) is 3. The average molecular weight is 268 g/mol. The summed E-state index contributed by atoms with van der Waals surface area (Å²) in [4.78, 5) is 6.83. The quantitative estimate of drug-likeness (QED) is 0.895. The van der Waals surface area contributed by atoms with Crippen molar-refractivity contribution in [2.75, 3.05) is 38.2 Å². The SMILES string of the molecule is COc1ccc2nc(N3CCNCC3)c(C#N)cc2c1. The smallest absolute Gasteiger partial charge is 0.147 e. The standard InChI is InChI=1S/C15H16N4O/c1-20-13-2-3-14-11(9-13)8-12(10-16)15(18-14)19-6-4-17-5-7-19/h2-3,8-9,17H,4-7H2,1H3. The highest BCUT2D eigenvalue weighted by atomic mass is 16.5. The molecule has 5 nitrogen and oxygen atoms in total. The van der Waals surface area contributed by atoms with E-state index in [4.69, 9.17) is 4.74 Å². The number of benzene rings is 1. The van der Waals surface area contributed by atoms with Crippen LogP contribution in [0.5, 0.6) is 5.75 Å². The Balaban J connectivity index is 2.09. The molecule has 0 radical (unpaired) electrons. The van der Waals surface area contributed by atoms with Crippen molar-refractivity contribution in [3.63, 3.8) is 0 Å². The van der Waals surface area contributed by atoms with Crippen LogP contribution in [0.1, 0.15) is 5.56 Å². The first-order valence-corrected chi connectivity index (χ1v) is 6.66. The fourth-order valence-electron chi connectivity index (χ4n) is 2.47. The normalized spacial score (nSPS) is 15.1. The molecule has 0 atom stereocenters. The van der Waals surface area contributed by atoms with E-state index < -0.39 is 0 Å². The van der Waals surface area contributed by atoms with Gasteiger partial charge in [-0.2, -0.15) is 5.26 Å². The summed E-state index contributed by atoms with van der Waals surface area (Å²) < 4.78 is 5.21. The van der Waals surface area contributed by atoms with Gasteiger partial charge in [0.05, 0.1) is 18.2 Å².